The molecule has 7 nitrogen and oxygen atoms in total. The van der Waals surface area contributed by atoms with Crippen molar-refractivity contribution in [2.45, 2.75) is 20.0 Å². The van der Waals surface area contributed by atoms with E-state index in [0.717, 1.165) is 13.1 Å². The van der Waals surface area contributed by atoms with Gasteiger partial charge in [-0.3, -0.25) is 0 Å². The van der Waals surface area contributed by atoms with Crippen LogP contribution in [-0.4, -0.2) is 67.6 Å². The van der Waals surface area contributed by atoms with Crippen LogP contribution in [-0.2, 0) is 9.47 Å². The van der Waals surface area contributed by atoms with Crippen LogP contribution in [0.15, 0.2) is 0 Å². The Morgan fingerprint density at radius 1 is 1.29 bits per heavy atom. The van der Waals surface area contributed by atoms with E-state index in [1.165, 1.54) is 0 Å². The fraction of sp³-hybridized carbons (Fsp3) is 0.769. The standard InChI is InChI=1S/C13H22ClN5O2/c1-10(2)21-9-4-18(3)12-15-11(14)16-13(17-12)19-5-7-20-8-6-19/h10H,4-9H2,1-3H3. The zero-order chi connectivity index (χ0) is 15.2. The van der Waals surface area contributed by atoms with Crippen LogP contribution in [0.5, 0.6) is 0 Å². The molecule has 0 radical (unpaired) electrons. The van der Waals surface area contributed by atoms with Crippen molar-refractivity contribution >= 4 is 23.5 Å². The van der Waals surface area contributed by atoms with Gasteiger partial charge in [0.05, 0.1) is 25.9 Å². The van der Waals surface area contributed by atoms with Crippen LogP contribution in [0.25, 0.3) is 0 Å². The Kier molecular flexibility index (Phi) is 5.96. The molecule has 1 aliphatic rings. The Balaban J connectivity index is 2.03. The highest BCUT2D eigenvalue weighted by atomic mass is 35.5. The minimum atomic E-state index is 0.207. The first-order valence-electron chi connectivity index (χ1n) is 7.13. The van der Waals surface area contributed by atoms with Crippen LogP contribution in [0.1, 0.15) is 13.8 Å². The smallest absolute Gasteiger partial charge is 0.231 e. The lowest BCUT2D eigenvalue weighted by Crippen LogP contribution is -2.38. The van der Waals surface area contributed by atoms with Crippen LogP contribution in [0.4, 0.5) is 11.9 Å². The second-order valence-corrected chi connectivity index (χ2v) is 5.48. The number of anilines is 2. The topological polar surface area (TPSA) is 63.6 Å². The molecule has 1 saturated heterocycles. The molecule has 1 aromatic rings. The second kappa shape index (κ2) is 7.72. The summed E-state index contributed by atoms with van der Waals surface area (Å²) in [5, 5.41) is 0.207. The van der Waals surface area contributed by atoms with Crippen LogP contribution >= 0.6 is 11.6 Å². The Labute approximate surface area is 130 Å². The molecule has 1 aromatic heterocycles. The van der Waals surface area contributed by atoms with Gasteiger partial charge in [-0.05, 0) is 25.4 Å². The van der Waals surface area contributed by atoms with Gasteiger partial charge in [0.1, 0.15) is 0 Å². The minimum Gasteiger partial charge on any atom is -0.378 e. The SMILES string of the molecule is CC(C)OCCN(C)c1nc(Cl)nc(N2CCOCC2)n1. The van der Waals surface area contributed by atoms with Gasteiger partial charge in [0.25, 0.3) is 0 Å². The largest absolute Gasteiger partial charge is 0.378 e. The van der Waals surface area contributed by atoms with E-state index < -0.39 is 0 Å². The molecule has 0 aromatic carbocycles. The van der Waals surface area contributed by atoms with Crippen molar-refractivity contribution in [3.63, 3.8) is 0 Å². The van der Waals surface area contributed by atoms with Crippen LogP contribution in [0, 0.1) is 0 Å². The normalized spacial score (nSPS) is 15.6. The summed E-state index contributed by atoms with van der Waals surface area (Å²) in [6, 6.07) is 0. The molecule has 0 spiro atoms. The molecule has 0 unspecified atom stereocenters. The Morgan fingerprint density at radius 2 is 2.00 bits per heavy atom. The predicted molar refractivity (Wildman–Crippen MR) is 82.2 cm³/mol. The highest BCUT2D eigenvalue weighted by molar-refractivity contribution is 6.28. The van der Waals surface area contributed by atoms with Gasteiger partial charge in [0, 0.05) is 26.7 Å². The monoisotopic (exact) mass is 315 g/mol. The number of rotatable bonds is 6. The minimum absolute atomic E-state index is 0.207. The van der Waals surface area contributed by atoms with Gasteiger partial charge in [-0.15, -0.1) is 0 Å². The third kappa shape index (κ3) is 4.94. The van der Waals surface area contributed by atoms with Gasteiger partial charge in [0.2, 0.25) is 17.2 Å². The van der Waals surface area contributed by atoms with E-state index in [0.29, 0.717) is 38.3 Å². The molecule has 0 bridgehead atoms. The van der Waals surface area contributed by atoms with E-state index in [4.69, 9.17) is 21.1 Å². The highest BCUT2D eigenvalue weighted by Gasteiger charge is 2.17. The average Bonchev–Trinajstić information content (AvgIpc) is 2.47. The van der Waals surface area contributed by atoms with Crippen LogP contribution < -0.4 is 9.80 Å². The number of nitrogens with zero attached hydrogens (tertiary/aromatic N) is 5. The van der Waals surface area contributed by atoms with E-state index in [1.54, 1.807) is 0 Å². The van der Waals surface area contributed by atoms with Crippen LogP contribution in [0.2, 0.25) is 5.28 Å². The van der Waals surface area contributed by atoms with Gasteiger partial charge in [-0.2, -0.15) is 15.0 Å². The van der Waals surface area contributed by atoms with Gasteiger partial charge in [0.15, 0.2) is 0 Å². The molecule has 21 heavy (non-hydrogen) atoms. The van der Waals surface area contributed by atoms with Gasteiger partial charge >= 0.3 is 0 Å². The number of hydrogen-bond donors (Lipinski definition) is 0. The van der Waals surface area contributed by atoms with E-state index in [9.17, 15) is 0 Å². The van der Waals surface area contributed by atoms with Crippen molar-refractivity contribution < 1.29 is 9.47 Å². The molecular weight excluding hydrogens is 294 g/mol. The second-order valence-electron chi connectivity index (χ2n) is 5.14. The van der Waals surface area contributed by atoms with E-state index in [1.807, 2.05) is 25.8 Å². The lowest BCUT2D eigenvalue weighted by molar-refractivity contribution is 0.0844. The first-order chi connectivity index (χ1) is 10.1. The van der Waals surface area contributed by atoms with Crippen molar-refractivity contribution in [1.29, 1.82) is 0 Å². The summed E-state index contributed by atoms with van der Waals surface area (Å²) >= 11 is 6.02. The Morgan fingerprint density at radius 3 is 2.67 bits per heavy atom. The summed E-state index contributed by atoms with van der Waals surface area (Å²) in [6.45, 7) is 8.21. The lowest BCUT2D eigenvalue weighted by atomic mass is 10.4. The van der Waals surface area contributed by atoms with Crippen molar-refractivity contribution in [2.24, 2.45) is 0 Å². The summed E-state index contributed by atoms with van der Waals surface area (Å²) in [5.41, 5.74) is 0. The molecule has 118 valence electrons. The van der Waals surface area contributed by atoms with Crippen molar-refractivity contribution in [3.05, 3.63) is 5.28 Å². The van der Waals surface area contributed by atoms with Crippen LogP contribution in [0.3, 0.4) is 0 Å². The Bertz CT molecular complexity index is 454. The molecular formula is C13H22ClN5O2. The fourth-order valence-corrected chi connectivity index (χ4v) is 2.08. The summed E-state index contributed by atoms with van der Waals surface area (Å²) in [6.07, 6.45) is 0.212. The molecule has 2 heterocycles. The van der Waals surface area contributed by atoms with Crippen molar-refractivity contribution in [2.75, 3.05) is 56.3 Å². The molecule has 0 N–H and O–H groups in total. The molecule has 1 fully saturated rings. The average molecular weight is 316 g/mol. The zero-order valence-electron chi connectivity index (χ0n) is 12.8. The first-order valence-corrected chi connectivity index (χ1v) is 7.51. The maximum absolute atomic E-state index is 6.02. The maximum Gasteiger partial charge on any atom is 0.231 e. The number of likely N-dealkylation sites (N-methyl/N-ethyl adjacent to an activating group) is 1. The summed E-state index contributed by atoms with van der Waals surface area (Å²) in [7, 11) is 1.92. The Hall–Kier alpha value is -1.18. The van der Waals surface area contributed by atoms with Crippen molar-refractivity contribution in [3.8, 4) is 0 Å². The maximum atomic E-state index is 6.02. The number of morpholine rings is 1. The van der Waals surface area contributed by atoms with Crippen molar-refractivity contribution in [1.82, 2.24) is 15.0 Å². The molecule has 0 saturated carbocycles. The third-order valence-corrected chi connectivity index (χ3v) is 3.27. The number of ether oxygens (including phenoxy) is 2. The van der Waals surface area contributed by atoms with E-state index in [2.05, 4.69) is 19.9 Å². The first kappa shape index (κ1) is 16.2. The summed E-state index contributed by atoms with van der Waals surface area (Å²) in [5.74, 6) is 1.16. The molecule has 2 rings (SSSR count). The van der Waals surface area contributed by atoms with E-state index in [-0.39, 0.29) is 11.4 Å². The zero-order valence-corrected chi connectivity index (χ0v) is 13.5. The van der Waals surface area contributed by atoms with Gasteiger partial charge < -0.3 is 19.3 Å². The van der Waals surface area contributed by atoms with Gasteiger partial charge in [-0.1, -0.05) is 0 Å². The number of hydrogen-bond acceptors (Lipinski definition) is 7. The summed E-state index contributed by atoms with van der Waals surface area (Å²) < 4.78 is 10.9. The lowest BCUT2D eigenvalue weighted by Gasteiger charge is -2.27. The highest BCUT2D eigenvalue weighted by Crippen LogP contribution is 2.16. The fourth-order valence-electron chi connectivity index (χ4n) is 1.93. The molecule has 0 aliphatic carbocycles. The van der Waals surface area contributed by atoms with E-state index >= 15 is 0 Å². The number of halogens is 1. The number of aromatic nitrogens is 3. The molecule has 1 aliphatic heterocycles. The summed E-state index contributed by atoms with van der Waals surface area (Å²) in [4.78, 5) is 16.8. The van der Waals surface area contributed by atoms with Gasteiger partial charge in [-0.25, -0.2) is 0 Å². The predicted octanol–water partition coefficient (Wildman–Crippen LogP) is 1.22. The molecule has 0 atom stereocenters. The molecule has 0 amide bonds. The quantitative estimate of drug-likeness (QED) is 0.782. The molecule has 8 heteroatoms. The third-order valence-electron chi connectivity index (χ3n) is 3.10.